The number of aromatic nitrogens is 1. The molecule has 0 fully saturated rings. The summed E-state index contributed by atoms with van der Waals surface area (Å²) in [7, 11) is -1.61. The predicted molar refractivity (Wildman–Crippen MR) is 122 cm³/mol. The zero-order chi connectivity index (χ0) is 22.6. The Bertz CT molecular complexity index is 1310. The van der Waals surface area contributed by atoms with Crippen LogP contribution in [0.1, 0.15) is 17.7 Å². The molecule has 8 heteroatoms. The Kier molecular flexibility index (Phi) is 6.53. The molecule has 0 aliphatic rings. The van der Waals surface area contributed by atoms with Crippen LogP contribution in [0.2, 0.25) is 0 Å². The molecular weight excluding hydrogens is 429 g/mol. The van der Waals surface area contributed by atoms with E-state index in [1.807, 2.05) is 25.2 Å². The van der Waals surface area contributed by atoms with Crippen molar-refractivity contribution < 1.29 is 17.3 Å². The first-order valence-corrected chi connectivity index (χ1v) is 11.8. The van der Waals surface area contributed by atoms with Gasteiger partial charge in [-0.05, 0) is 68.4 Å². The van der Waals surface area contributed by atoms with E-state index in [0.717, 1.165) is 36.0 Å². The first kappa shape index (κ1) is 22.0. The molecule has 0 aliphatic carbocycles. The van der Waals surface area contributed by atoms with Gasteiger partial charge < -0.3 is 9.42 Å². The lowest BCUT2D eigenvalue weighted by Crippen LogP contribution is -2.20. The normalized spacial score (nSPS) is 11.8. The molecule has 1 heterocycles. The summed E-state index contributed by atoms with van der Waals surface area (Å²) < 4.78 is 46.2. The van der Waals surface area contributed by atoms with Gasteiger partial charge in [0.2, 0.25) is 0 Å². The lowest BCUT2D eigenvalue weighted by Gasteiger charge is -2.17. The Balaban J connectivity index is 1.33. The summed E-state index contributed by atoms with van der Waals surface area (Å²) in [6, 6.07) is 20.1. The minimum Gasteiger partial charge on any atom is -0.356 e. The number of hydrogen-bond acceptors (Lipinski definition) is 5. The Labute approximate surface area is 186 Å². The molecule has 0 amide bonds. The number of halogens is 1. The van der Waals surface area contributed by atoms with E-state index in [1.54, 1.807) is 42.5 Å². The first-order chi connectivity index (χ1) is 15.4. The second kappa shape index (κ2) is 9.50. The zero-order valence-electron chi connectivity index (χ0n) is 17.7. The Morgan fingerprint density at radius 3 is 2.66 bits per heavy atom. The molecule has 0 saturated carbocycles. The number of sulfonamides is 1. The molecule has 1 N–H and O–H groups in total. The molecular formula is C24H24FN3O3S. The number of aryl methyl sites for hydroxylation is 1. The molecule has 166 valence electrons. The summed E-state index contributed by atoms with van der Waals surface area (Å²) in [5, 5.41) is 4.90. The summed E-state index contributed by atoms with van der Waals surface area (Å²) in [6.07, 6.45) is 1.58. The van der Waals surface area contributed by atoms with Crippen LogP contribution in [0.15, 0.2) is 82.2 Å². The van der Waals surface area contributed by atoms with E-state index in [1.165, 1.54) is 12.1 Å². The Morgan fingerprint density at radius 1 is 1.03 bits per heavy atom. The van der Waals surface area contributed by atoms with E-state index in [-0.39, 0.29) is 10.7 Å². The van der Waals surface area contributed by atoms with Crippen LogP contribution in [0.25, 0.3) is 11.0 Å². The zero-order valence-corrected chi connectivity index (χ0v) is 18.5. The summed E-state index contributed by atoms with van der Waals surface area (Å²) in [4.78, 5) is 2.39. The average Bonchev–Trinajstić information content (AvgIpc) is 3.16. The van der Waals surface area contributed by atoms with E-state index in [2.05, 4.69) is 14.8 Å². The van der Waals surface area contributed by atoms with Gasteiger partial charge in [-0.2, -0.15) is 0 Å². The smallest absolute Gasteiger partial charge is 0.261 e. The summed E-state index contributed by atoms with van der Waals surface area (Å²) in [5.41, 5.74) is 2.82. The minimum absolute atomic E-state index is 0.227. The van der Waals surface area contributed by atoms with Crippen molar-refractivity contribution in [2.45, 2.75) is 24.3 Å². The number of anilines is 1. The number of nitrogens with one attached hydrogen (secondary N) is 1. The van der Waals surface area contributed by atoms with Crippen LogP contribution >= 0.6 is 0 Å². The molecule has 0 saturated heterocycles. The number of nitrogens with zero attached hydrogens (tertiary/aromatic N) is 2. The highest BCUT2D eigenvalue weighted by molar-refractivity contribution is 7.92. The lowest BCUT2D eigenvalue weighted by molar-refractivity contribution is 0.320. The standard InChI is InChI=1S/C24H24FN3O3S/c1-28(14-6-11-23-22-13-12-19(25)16-24(22)31-26-23)17-18-7-5-8-20(15-18)27-32(29,30)21-9-3-2-4-10-21/h2-5,7-10,12-13,15-16,27H,6,11,14,17H2,1H3. The van der Waals surface area contributed by atoms with Crippen molar-refractivity contribution in [3.05, 3.63) is 89.9 Å². The third-order valence-electron chi connectivity index (χ3n) is 5.15. The van der Waals surface area contributed by atoms with Crippen LogP contribution < -0.4 is 4.72 Å². The van der Waals surface area contributed by atoms with Crippen molar-refractivity contribution in [2.24, 2.45) is 0 Å². The third kappa shape index (κ3) is 5.33. The molecule has 0 bridgehead atoms. The van der Waals surface area contributed by atoms with Gasteiger partial charge >= 0.3 is 0 Å². The molecule has 0 spiro atoms. The molecule has 0 unspecified atom stereocenters. The number of benzene rings is 3. The molecule has 6 nitrogen and oxygen atoms in total. The highest BCUT2D eigenvalue weighted by atomic mass is 32.2. The van der Waals surface area contributed by atoms with Crippen LogP contribution in [0.3, 0.4) is 0 Å². The second-order valence-electron chi connectivity index (χ2n) is 7.73. The first-order valence-electron chi connectivity index (χ1n) is 10.3. The maximum atomic E-state index is 13.3. The molecule has 1 aromatic heterocycles. The summed E-state index contributed by atoms with van der Waals surface area (Å²) in [6.45, 7) is 1.49. The van der Waals surface area contributed by atoms with Gasteiger partial charge in [-0.15, -0.1) is 0 Å². The fourth-order valence-corrected chi connectivity index (χ4v) is 4.67. The molecule has 0 atom stereocenters. The fraction of sp³-hybridized carbons (Fsp3) is 0.208. The van der Waals surface area contributed by atoms with Gasteiger partial charge in [-0.3, -0.25) is 4.72 Å². The van der Waals surface area contributed by atoms with Crippen molar-refractivity contribution in [2.75, 3.05) is 18.3 Å². The lowest BCUT2D eigenvalue weighted by atomic mass is 10.1. The van der Waals surface area contributed by atoms with Crippen molar-refractivity contribution in [1.29, 1.82) is 0 Å². The molecule has 3 aromatic carbocycles. The van der Waals surface area contributed by atoms with E-state index in [0.29, 0.717) is 17.8 Å². The van der Waals surface area contributed by atoms with Gasteiger partial charge in [-0.25, -0.2) is 12.8 Å². The number of fused-ring (bicyclic) bond motifs is 1. The van der Waals surface area contributed by atoms with Gasteiger partial charge in [-0.1, -0.05) is 35.5 Å². The molecule has 32 heavy (non-hydrogen) atoms. The van der Waals surface area contributed by atoms with E-state index < -0.39 is 10.0 Å². The van der Waals surface area contributed by atoms with Crippen molar-refractivity contribution >= 4 is 26.7 Å². The molecule has 4 aromatic rings. The maximum absolute atomic E-state index is 13.3. The SMILES string of the molecule is CN(CCCc1noc2cc(F)ccc12)Cc1cccc(NS(=O)(=O)c2ccccc2)c1. The topological polar surface area (TPSA) is 75.4 Å². The van der Waals surface area contributed by atoms with Crippen LogP contribution in [0.4, 0.5) is 10.1 Å². The van der Waals surface area contributed by atoms with Crippen LogP contribution in [0.5, 0.6) is 0 Å². The summed E-state index contributed by atoms with van der Waals surface area (Å²) >= 11 is 0. The third-order valence-corrected chi connectivity index (χ3v) is 6.54. The fourth-order valence-electron chi connectivity index (χ4n) is 3.60. The van der Waals surface area contributed by atoms with Gasteiger partial charge in [0.15, 0.2) is 5.58 Å². The highest BCUT2D eigenvalue weighted by Gasteiger charge is 2.14. The van der Waals surface area contributed by atoms with Gasteiger partial charge in [0, 0.05) is 23.7 Å². The molecule has 4 rings (SSSR count). The van der Waals surface area contributed by atoms with Crippen molar-refractivity contribution in [3.8, 4) is 0 Å². The predicted octanol–water partition coefficient (Wildman–Crippen LogP) is 4.83. The highest BCUT2D eigenvalue weighted by Crippen LogP contribution is 2.21. The monoisotopic (exact) mass is 453 g/mol. The quantitative estimate of drug-likeness (QED) is 0.393. The van der Waals surface area contributed by atoms with E-state index in [9.17, 15) is 12.8 Å². The summed E-state index contributed by atoms with van der Waals surface area (Å²) in [5.74, 6) is -0.340. The Morgan fingerprint density at radius 2 is 1.84 bits per heavy atom. The number of rotatable bonds is 9. The van der Waals surface area contributed by atoms with Crippen LogP contribution in [0, 0.1) is 5.82 Å². The largest absolute Gasteiger partial charge is 0.356 e. The van der Waals surface area contributed by atoms with Crippen LogP contribution in [-0.2, 0) is 23.0 Å². The average molecular weight is 454 g/mol. The molecule has 0 radical (unpaired) electrons. The van der Waals surface area contributed by atoms with Gasteiger partial charge in [0.05, 0.1) is 10.6 Å². The van der Waals surface area contributed by atoms with E-state index >= 15 is 0 Å². The number of hydrogen-bond donors (Lipinski definition) is 1. The Hall–Kier alpha value is -3.23. The van der Waals surface area contributed by atoms with Crippen LogP contribution in [-0.4, -0.2) is 32.1 Å². The van der Waals surface area contributed by atoms with E-state index in [4.69, 9.17) is 4.52 Å². The molecule has 0 aliphatic heterocycles. The maximum Gasteiger partial charge on any atom is 0.261 e. The minimum atomic E-state index is -3.62. The van der Waals surface area contributed by atoms with Gasteiger partial charge in [0.25, 0.3) is 10.0 Å². The van der Waals surface area contributed by atoms with Crippen molar-refractivity contribution in [3.63, 3.8) is 0 Å². The second-order valence-corrected chi connectivity index (χ2v) is 9.41. The van der Waals surface area contributed by atoms with Gasteiger partial charge in [0.1, 0.15) is 5.82 Å². The van der Waals surface area contributed by atoms with Crippen molar-refractivity contribution in [1.82, 2.24) is 10.1 Å².